The fraction of sp³-hybridized carbons (Fsp3) is 0.500. The maximum atomic E-state index is 5.63. The van der Waals surface area contributed by atoms with Crippen molar-refractivity contribution in [2.45, 2.75) is 45.6 Å². The number of hydrogen-bond acceptors (Lipinski definition) is 5. The highest BCUT2D eigenvalue weighted by molar-refractivity contribution is 5.56. The van der Waals surface area contributed by atoms with Crippen molar-refractivity contribution in [3.05, 3.63) is 23.8 Å². The van der Waals surface area contributed by atoms with Crippen LogP contribution in [0.3, 0.4) is 0 Å². The lowest BCUT2D eigenvalue weighted by Crippen LogP contribution is -2.17. The minimum Gasteiger partial charge on any atom is -0.328 e. The lowest BCUT2D eigenvalue weighted by atomic mass is 9.96. The Morgan fingerprint density at radius 2 is 2.15 bits per heavy atom. The molecule has 0 unspecified atom stereocenters. The smallest absolute Gasteiger partial charge is 0.180 e. The second-order valence-electron chi connectivity index (χ2n) is 5.14. The highest BCUT2D eigenvalue weighted by atomic mass is 15.3. The first-order valence-corrected chi connectivity index (χ1v) is 7.20. The van der Waals surface area contributed by atoms with Crippen molar-refractivity contribution in [3.8, 4) is 11.5 Å². The fourth-order valence-corrected chi connectivity index (χ4v) is 2.75. The number of fused-ring (bicyclic) bond motifs is 1. The molecular formula is C14H20N6. The molecule has 6 heteroatoms. The molecule has 2 aromatic rings. The van der Waals surface area contributed by atoms with Crippen molar-refractivity contribution in [1.29, 1.82) is 0 Å². The first kappa shape index (κ1) is 13.1. The number of nitrogens with one attached hydrogen (secondary N) is 1. The van der Waals surface area contributed by atoms with Gasteiger partial charge in [-0.25, -0.2) is 20.8 Å². The molecule has 0 saturated heterocycles. The molecule has 0 bridgehead atoms. The van der Waals surface area contributed by atoms with Gasteiger partial charge in [0.25, 0.3) is 0 Å². The Balaban J connectivity index is 2.07. The first-order chi connectivity index (χ1) is 9.83. The van der Waals surface area contributed by atoms with Crippen molar-refractivity contribution in [2.75, 3.05) is 5.43 Å². The van der Waals surface area contributed by atoms with Crippen LogP contribution in [-0.2, 0) is 19.4 Å². The summed E-state index contributed by atoms with van der Waals surface area (Å²) >= 11 is 0. The van der Waals surface area contributed by atoms with Gasteiger partial charge in [0.05, 0.1) is 12.5 Å². The van der Waals surface area contributed by atoms with Gasteiger partial charge in [-0.1, -0.05) is 6.92 Å². The van der Waals surface area contributed by atoms with Gasteiger partial charge in [0.15, 0.2) is 5.82 Å². The van der Waals surface area contributed by atoms with Crippen LogP contribution in [0.5, 0.6) is 0 Å². The van der Waals surface area contributed by atoms with Gasteiger partial charge in [-0.3, -0.25) is 0 Å². The molecule has 6 nitrogen and oxygen atoms in total. The normalized spacial score (nSPS) is 14.1. The Morgan fingerprint density at radius 3 is 2.95 bits per heavy atom. The number of hydrogen-bond donors (Lipinski definition) is 2. The van der Waals surface area contributed by atoms with Crippen LogP contribution in [0.25, 0.3) is 11.5 Å². The molecular weight excluding hydrogens is 252 g/mol. The predicted octanol–water partition coefficient (Wildman–Crippen LogP) is 1.91. The number of hydrazine groups is 1. The van der Waals surface area contributed by atoms with Crippen LogP contribution in [0.1, 0.15) is 37.4 Å². The molecule has 3 N–H and O–H groups in total. The SMILES string of the molecule is CCCn1cncc1-c1nc2c(c(NN)n1)CCCC2. The maximum absolute atomic E-state index is 5.63. The van der Waals surface area contributed by atoms with Gasteiger partial charge < -0.3 is 9.99 Å². The van der Waals surface area contributed by atoms with E-state index in [1.165, 1.54) is 18.4 Å². The molecule has 0 fully saturated rings. The van der Waals surface area contributed by atoms with E-state index in [0.717, 1.165) is 43.0 Å². The number of imidazole rings is 1. The van der Waals surface area contributed by atoms with E-state index >= 15 is 0 Å². The number of nitrogens with two attached hydrogens (primary N) is 1. The van der Waals surface area contributed by atoms with Crippen molar-refractivity contribution in [1.82, 2.24) is 19.5 Å². The largest absolute Gasteiger partial charge is 0.328 e. The van der Waals surface area contributed by atoms with Gasteiger partial charge in [-0.15, -0.1) is 0 Å². The van der Waals surface area contributed by atoms with Crippen molar-refractivity contribution in [2.24, 2.45) is 5.84 Å². The molecule has 0 amide bonds. The lowest BCUT2D eigenvalue weighted by Gasteiger charge is -2.18. The van der Waals surface area contributed by atoms with Crippen LogP contribution in [0.15, 0.2) is 12.5 Å². The number of nitrogen functional groups attached to an aromatic ring is 1. The molecule has 20 heavy (non-hydrogen) atoms. The quantitative estimate of drug-likeness (QED) is 0.656. The minimum absolute atomic E-state index is 0.713. The Kier molecular flexibility index (Phi) is 3.64. The summed E-state index contributed by atoms with van der Waals surface area (Å²) in [5, 5.41) is 0. The summed E-state index contributed by atoms with van der Waals surface area (Å²) < 4.78 is 2.09. The van der Waals surface area contributed by atoms with E-state index in [4.69, 9.17) is 10.8 Å². The Labute approximate surface area is 118 Å². The molecule has 1 aliphatic carbocycles. The van der Waals surface area contributed by atoms with E-state index in [9.17, 15) is 0 Å². The van der Waals surface area contributed by atoms with Crippen LogP contribution >= 0.6 is 0 Å². The molecule has 1 aliphatic rings. The van der Waals surface area contributed by atoms with Gasteiger partial charge in [-0.05, 0) is 32.1 Å². The molecule has 106 valence electrons. The summed E-state index contributed by atoms with van der Waals surface area (Å²) in [6.07, 6.45) is 9.07. The molecule has 0 aromatic carbocycles. The highest BCUT2D eigenvalue weighted by Crippen LogP contribution is 2.27. The van der Waals surface area contributed by atoms with Crippen LogP contribution in [0.2, 0.25) is 0 Å². The zero-order valence-electron chi connectivity index (χ0n) is 11.8. The van der Waals surface area contributed by atoms with Crippen LogP contribution in [0.4, 0.5) is 5.82 Å². The summed E-state index contributed by atoms with van der Waals surface area (Å²) in [5.74, 6) is 7.10. The molecule has 2 aromatic heterocycles. The number of aryl methyl sites for hydroxylation is 2. The zero-order chi connectivity index (χ0) is 13.9. The molecule has 0 spiro atoms. The minimum atomic E-state index is 0.713. The second kappa shape index (κ2) is 5.58. The van der Waals surface area contributed by atoms with Crippen LogP contribution in [-0.4, -0.2) is 19.5 Å². The standard InChI is InChI=1S/C14H20N6/c1-2-7-20-9-16-8-12(20)14-17-11-6-4-3-5-10(11)13(18-14)19-15/h8-9H,2-7,15H2,1H3,(H,17,18,19). The molecule has 0 saturated carbocycles. The van der Waals surface area contributed by atoms with Gasteiger partial charge in [-0.2, -0.15) is 0 Å². The Hall–Kier alpha value is -1.95. The fourth-order valence-electron chi connectivity index (χ4n) is 2.75. The number of aromatic nitrogens is 4. The monoisotopic (exact) mass is 272 g/mol. The molecule has 3 rings (SSSR count). The third-order valence-corrected chi connectivity index (χ3v) is 3.73. The third kappa shape index (κ3) is 2.27. The number of nitrogens with zero attached hydrogens (tertiary/aromatic N) is 4. The van der Waals surface area contributed by atoms with Gasteiger partial charge in [0.2, 0.25) is 0 Å². The van der Waals surface area contributed by atoms with Gasteiger partial charge in [0.1, 0.15) is 11.5 Å². The maximum Gasteiger partial charge on any atom is 0.180 e. The van der Waals surface area contributed by atoms with E-state index in [1.807, 2.05) is 12.5 Å². The van der Waals surface area contributed by atoms with E-state index < -0.39 is 0 Å². The number of rotatable bonds is 4. The molecule has 0 aliphatic heterocycles. The molecule has 0 atom stereocenters. The van der Waals surface area contributed by atoms with Crippen molar-refractivity contribution < 1.29 is 0 Å². The summed E-state index contributed by atoms with van der Waals surface area (Å²) in [6, 6.07) is 0. The molecule has 2 heterocycles. The van der Waals surface area contributed by atoms with E-state index in [1.54, 1.807) is 0 Å². The average Bonchev–Trinajstić information content (AvgIpc) is 2.95. The zero-order valence-corrected chi connectivity index (χ0v) is 11.8. The average molecular weight is 272 g/mol. The Morgan fingerprint density at radius 1 is 1.30 bits per heavy atom. The third-order valence-electron chi connectivity index (χ3n) is 3.73. The summed E-state index contributed by atoms with van der Waals surface area (Å²) in [7, 11) is 0. The van der Waals surface area contributed by atoms with Gasteiger partial charge >= 0.3 is 0 Å². The first-order valence-electron chi connectivity index (χ1n) is 7.20. The summed E-state index contributed by atoms with van der Waals surface area (Å²) in [4.78, 5) is 13.5. The topological polar surface area (TPSA) is 81.7 Å². The highest BCUT2D eigenvalue weighted by Gasteiger charge is 2.19. The summed E-state index contributed by atoms with van der Waals surface area (Å²) in [5.41, 5.74) is 5.98. The second-order valence-corrected chi connectivity index (χ2v) is 5.14. The number of anilines is 1. The predicted molar refractivity (Wildman–Crippen MR) is 78.0 cm³/mol. The van der Waals surface area contributed by atoms with E-state index in [2.05, 4.69) is 26.9 Å². The van der Waals surface area contributed by atoms with Gasteiger partial charge in [0, 0.05) is 17.8 Å². The molecule has 0 radical (unpaired) electrons. The van der Waals surface area contributed by atoms with Crippen LogP contribution in [0, 0.1) is 0 Å². The van der Waals surface area contributed by atoms with E-state index in [0.29, 0.717) is 5.82 Å². The summed E-state index contributed by atoms with van der Waals surface area (Å²) in [6.45, 7) is 3.06. The van der Waals surface area contributed by atoms with Crippen molar-refractivity contribution >= 4 is 5.82 Å². The Bertz CT molecular complexity index is 586. The van der Waals surface area contributed by atoms with Crippen molar-refractivity contribution in [3.63, 3.8) is 0 Å². The van der Waals surface area contributed by atoms with Crippen LogP contribution < -0.4 is 11.3 Å². The lowest BCUT2D eigenvalue weighted by molar-refractivity contribution is 0.659. The van der Waals surface area contributed by atoms with E-state index in [-0.39, 0.29) is 0 Å².